The van der Waals surface area contributed by atoms with E-state index in [-0.39, 0.29) is 11.8 Å². The van der Waals surface area contributed by atoms with E-state index in [1.54, 1.807) is 18.5 Å². The highest BCUT2D eigenvalue weighted by atomic mass is 16.2. The first-order valence-electron chi connectivity index (χ1n) is 10.1. The summed E-state index contributed by atoms with van der Waals surface area (Å²) in [6.45, 7) is 0. The molecule has 1 aromatic heterocycles. The van der Waals surface area contributed by atoms with Crippen LogP contribution in [-0.2, 0) is 0 Å². The molecule has 4 heteroatoms. The minimum absolute atomic E-state index is 0.301. The Balaban J connectivity index is 1.56. The van der Waals surface area contributed by atoms with Crippen LogP contribution in [0.15, 0.2) is 97.3 Å². The predicted molar refractivity (Wildman–Crippen MR) is 122 cm³/mol. The van der Waals surface area contributed by atoms with Crippen LogP contribution in [0.4, 0.5) is 5.69 Å². The van der Waals surface area contributed by atoms with Gasteiger partial charge in [-0.3, -0.25) is 14.6 Å². The van der Waals surface area contributed by atoms with E-state index in [0.29, 0.717) is 22.2 Å². The van der Waals surface area contributed by atoms with Crippen LogP contribution in [0.5, 0.6) is 0 Å². The van der Waals surface area contributed by atoms with Gasteiger partial charge in [-0.15, -0.1) is 0 Å². The molecule has 4 nitrogen and oxygen atoms in total. The van der Waals surface area contributed by atoms with Crippen LogP contribution in [0.25, 0.3) is 32.7 Å². The Morgan fingerprint density at radius 1 is 0.613 bits per heavy atom. The van der Waals surface area contributed by atoms with Crippen LogP contribution in [-0.4, -0.2) is 16.8 Å². The molecule has 0 saturated heterocycles. The molecule has 1 aliphatic heterocycles. The van der Waals surface area contributed by atoms with Crippen molar-refractivity contribution < 1.29 is 9.59 Å². The maximum Gasteiger partial charge on any atom is 0.265 e. The number of rotatable bonds is 2. The molecule has 2 heterocycles. The summed E-state index contributed by atoms with van der Waals surface area (Å²) in [5.74, 6) is -0.601. The van der Waals surface area contributed by atoms with Crippen LogP contribution < -0.4 is 4.90 Å². The summed E-state index contributed by atoms with van der Waals surface area (Å²) in [7, 11) is 0. The lowest BCUT2D eigenvalue weighted by molar-refractivity contribution is 0.0893. The summed E-state index contributed by atoms with van der Waals surface area (Å²) in [5.41, 5.74) is 3.63. The van der Waals surface area contributed by atoms with Crippen LogP contribution in [0, 0.1) is 0 Å². The van der Waals surface area contributed by atoms with Gasteiger partial charge in [-0.05, 0) is 63.7 Å². The Labute approximate surface area is 178 Å². The number of aromatic nitrogens is 1. The number of anilines is 1. The second kappa shape index (κ2) is 6.61. The van der Waals surface area contributed by atoms with E-state index in [9.17, 15) is 9.59 Å². The van der Waals surface area contributed by atoms with Crippen molar-refractivity contribution in [2.24, 2.45) is 0 Å². The van der Waals surface area contributed by atoms with Crippen molar-refractivity contribution >= 4 is 39.0 Å². The molecule has 1 aliphatic rings. The fraction of sp³-hybridized carbons (Fsp3) is 0. The molecule has 31 heavy (non-hydrogen) atoms. The molecule has 0 N–H and O–H groups in total. The Morgan fingerprint density at radius 2 is 1.32 bits per heavy atom. The molecule has 6 rings (SSSR count). The molecule has 146 valence electrons. The predicted octanol–water partition coefficient (Wildman–Crippen LogP) is 5.86. The third-order valence-electron chi connectivity index (χ3n) is 5.89. The number of imide groups is 1. The number of carbonyl (C=O) groups excluding carboxylic acids is 2. The van der Waals surface area contributed by atoms with E-state index in [1.165, 1.54) is 4.90 Å². The average molecular weight is 400 g/mol. The van der Waals surface area contributed by atoms with Crippen molar-refractivity contribution in [3.8, 4) is 11.1 Å². The van der Waals surface area contributed by atoms with Gasteiger partial charge in [-0.2, -0.15) is 0 Å². The normalized spacial score (nSPS) is 13.2. The summed E-state index contributed by atoms with van der Waals surface area (Å²) in [4.78, 5) is 32.4. The van der Waals surface area contributed by atoms with Gasteiger partial charge in [-0.25, -0.2) is 4.90 Å². The molecular weight excluding hydrogens is 384 g/mol. The maximum absolute atomic E-state index is 13.5. The Hall–Kier alpha value is -4.31. The summed E-state index contributed by atoms with van der Waals surface area (Å²) >= 11 is 0. The lowest BCUT2D eigenvalue weighted by atomic mass is 9.89. The minimum Gasteiger partial charge on any atom is -0.268 e. The van der Waals surface area contributed by atoms with Gasteiger partial charge in [0, 0.05) is 28.9 Å². The van der Waals surface area contributed by atoms with Crippen molar-refractivity contribution in [1.29, 1.82) is 0 Å². The van der Waals surface area contributed by atoms with Gasteiger partial charge in [0.2, 0.25) is 0 Å². The number of hydrogen-bond donors (Lipinski definition) is 0. The quantitative estimate of drug-likeness (QED) is 0.349. The van der Waals surface area contributed by atoms with Gasteiger partial charge >= 0.3 is 0 Å². The number of nitrogens with zero attached hydrogens (tertiary/aromatic N) is 2. The molecule has 0 spiro atoms. The van der Waals surface area contributed by atoms with E-state index in [0.717, 1.165) is 27.3 Å². The molecule has 5 aromatic rings. The van der Waals surface area contributed by atoms with Gasteiger partial charge in [0.1, 0.15) is 0 Å². The molecule has 0 bridgehead atoms. The third-order valence-corrected chi connectivity index (χ3v) is 5.89. The molecule has 0 atom stereocenters. The molecule has 0 saturated carbocycles. The maximum atomic E-state index is 13.5. The number of amides is 2. The van der Waals surface area contributed by atoms with E-state index in [4.69, 9.17) is 0 Å². The first-order valence-corrected chi connectivity index (χ1v) is 10.1. The second-order valence-corrected chi connectivity index (χ2v) is 7.60. The molecule has 0 aliphatic carbocycles. The largest absolute Gasteiger partial charge is 0.268 e. The SMILES string of the molecule is O=C1c2cccc3c(-c4ccncc4)ccc(c23)C(=O)N1c1ccc2ccccc2c1. The summed E-state index contributed by atoms with van der Waals surface area (Å²) in [6, 6.07) is 26.8. The third kappa shape index (κ3) is 2.58. The minimum atomic E-state index is -0.301. The lowest BCUT2D eigenvalue weighted by Gasteiger charge is -2.28. The number of benzene rings is 4. The smallest absolute Gasteiger partial charge is 0.265 e. The van der Waals surface area contributed by atoms with Gasteiger partial charge in [0.15, 0.2) is 0 Å². The molecule has 2 amide bonds. The highest BCUT2D eigenvalue weighted by Gasteiger charge is 2.34. The van der Waals surface area contributed by atoms with Crippen LogP contribution in [0.3, 0.4) is 0 Å². The van der Waals surface area contributed by atoms with Crippen molar-refractivity contribution in [2.75, 3.05) is 4.90 Å². The van der Waals surface area contributed by atoms with Crippen molar-refractivity contribution in [2.45, 2.75) is 0 Å². The fourth-order valence-electron chi connectivity index (χ4n) is 4.43. The zero-order valence-electron chi connectivity index (χ0n) is 16.4. The molecule has 0 radical (unpaired) electrons. The topological polar surface area (TPSA) is 50.3 Å². The number of hydrogen-bond acceptors (Lipinski definition) is 3. The first-order chi connectivity index (χ1) is 15.2. The van der Waals surface area contributed by atoms with Crippen LogP contribution >= 0.6 is 0 Å². The van der Waals surface area contributed by atoms with E-state index in [1.807, 2.05) is 78.9 Å². The zero-order chi connectivity index (χ0) is 20.9. The van der Waals surface area contributed by atoms with E-state index < -0.39 is 0 Å². The van der Waals surface area contributed by atoms with Crippen LogP contribution in [0.2, 0.25) is 0 Å². The second-order valence-electron chi connectivity index (χ2n) is 7.60. The molecule has 0 fully saturated rings. The van der Waals surface area contributed by atoms with Crippen LogP contribution in [0.1, 0.15) is 20.7 Å². The first kappa shape index (κ1) is 17.5. The number of pyridine rings is 1. The Morgan fingerprint density at radius 3 is 2.13 bits per heavy atom. The van der Waals surface area contributed by atoms with Crippen molar-refractivity contribution in [3.05, 3.63) is 108 Å². The summed E-state index contributed by atoms with van der Waals surface area (Å²) < 4.78 is 0. The van der Waals surface area contributed by atoms with E-state index >= 15 is 0 Å². The highest BCUT2D eigenvalue weighted by Crippen LogP contribution is 2.38. The van der Waals surface area contributed by atoms with Gasteiger partial charge in [0.05, 0.1) is 5.69 Å². The molecule has 4 aromatic carbocycles. The standard InChI is InChI=1S/C27H16N2O2/c30-26-23-7-3-6-22-21(18-12-14-28-15-13-18)10-11-24(25(22)23)27(31)29(26)20-9-8-17-4-1-2-5-19(17)16-20/h1-16H. The average Bonchev–Trinajstić information content (AvgIpc) is 2.83. The summed E-state index contributed by atoms with van der Waals surface area (Å²) in [6.07, 6.45) is 3.48. The van der Waals surface area contributed by atoms with Crippen molar-refractivity contribution in [3.63, 3.8) is 0 Å². The van der Waals surface area contributed by atoms with Gasteiger partial charge < -0.3 is 0 Å². The summed E-state index contributed by atoms with van der Waals surface area (Å²) in [5, 5.41) is 3.65. The van der Waals surface area contributed by atoms with Gasteiger partial charge in [0.25, 0.3) is 11.8 Å². The monoisotopic (exact) mass is 400 g/mol. The molecular formula is C27H16N2O2. The Bertz CT molecular complexity index is 1500. The van der Waals surface area contributed by atoms with E-state index in [2.05, 4.69) is 4.98 Å². The number of fused-ring (bicyclic) bond motifs is 1. The molecule has 0 unspecified atom stereocenters. The lowest BCUT2D eigenvalue weighted by Crippen LogP contribution is -2.40. The Kier molecular flexibility index (Phi) is 3.74. The number of carbonyl (C=O) groups is 2. The fourth-order valence-corrected chi connectivity index (χ4v) is 4.43. The zero-order valence-corrected chi connectivity index (χ0v) is 16.4. The highest BCUT2D eigenvalue weighted by molar-refractivity contribution is 6.36. The van der Waals surface area contributed by atoms with Crippen molar-refractivity contribution in [1.82, 2.24) is 4.98 Å². The van der Waals surface area contributed by atoms with Gasteiger partial charge in [-0.1, -0.05) is 48.5 Å².